The minimum Gasteiger partial charge on any atom is -0.314 e. The van der Waals surface area contributed by atoms with Crippen LogP contribution in [0.1, 0.15) is 19.8 Å². The van der Waals surface area contributed by atoms with Crippen molar-refractivity contribution >= 4 is 11.8 Å². The van der Waals surface area contributed by atoms with Crippen molar-refractivity contribution in [3.05, 3.63) is 12.2 Å². The summed E-state index contributed by atoms with van der Waals surface area (Å²) in [7, 11) is 0. The van der Waals surface area contributed by atoms with Gasteiger partial charge in [-0.15, -0.1) is 0 Å². The fourth-order valence-corrected chi connectivity index (χ4v) is 1.10. The van der Waals surface area contributed by atoms with E-state index in [4.69, 9.17) is 5.73 Å². The van der Waals surface area contributed by atoms with Crippen LogP contribution in [0.3, 0.4) is 0 Å². The van der Waals surface area contributed by atoms with Gasteiger partial charge in [0, 0.05) is 0 Å². The third-order valence-corrected chi connectivity index (χ3v) is 1.78. The van der Waals surface area contributed by atoms with E-state index in [-0.39, 0.29) is 12.3 Å². The topological polar surface area (TPSA) is 72.2 Å². The van der Waals surface area contributed by atoms with E-state index < -0.39 is 11.4 Å². The first kappa shape index (κ1) is 8.93. The first-order valence-corrected chi connectivity index (χ1v) is 3.89. The molecule has 0 aromatic rings. The van der Waals surface area contributed by atoms with Crippen molar-refractivity contribution in [2.24, 2.45) is 5.73 Å². The van der Waals surface area contributed by atoms with E-state index in [2.05, 4.69) is 5.32 Å². The van der Waals surface area contributed by atoms with Gasteiger partial charge in [-0.2, -0.15) is 0 Å². The Morgan fingerprint density at radius 1 is 1.67 bits per heavy atom. The highest BCUT2D eigenvalue weighted by atomic mass is 16.2. The van der Waals surface area contributed by atoms with Crippen LogP contribution in [0.4, 0.5) is 0 Å². The number of nitrogens with two attached hydrogens (primary N) is 1. The molecule has 1 unspecified atom stereocenters. The average Bonchev–Trinajstić information content (AvgIpc) is 2.23. The molecule has 1 saturated heterocycles. The summed E-state index contributed by atoms with van der Waals surface area (Å²) in [4.78, 5) is 21.9. The molecule has 12 heavy (non-hydrogen) atoms. The lowest BCUT2D eigenvalue weighted by Gasteiger charge is -2.12. The van der Waals surface area contributed by atoms with Crippen LogP contribution in [0.2, 0.25) is 0 Å². The first-order chi connectivity index (χ1) is 5.58. The lowest BCUT2D eigenvalue weighted by Crippen LogP contribution is -2.44. The number of nitrogens with one attached hydrogen (secondary N) is 1. The minimum absolute atomic E-state index is 0.0579. The van der Waals surface area contributed by atoms with Gasteiger partial charge in [-0.25, -0.2) is 0 Å². The van der Waals surface area contributed by atoms with E-state index in [0.717, 1.165) is 6.42 Å². The minimum atomic E-state index is -1.10. The summed E-state index contributed by atoms with van der Waals surface area (Å²) in [5.41, 5.74) is 4.56. The molecule has 1 atom stereocenters. The van der Waals surface area contributed by atoms with Gasteiger partial charge in [-0.05, 0) is 6.42 Å². The largest absolute Gasteiger partial charge is 0.314 e. The van der Waals surface area contributed by atoms with Gasteiger partial charge in [0.25, 0.3) is 5.91 Å². The predicted octanol–water partition coefficient (Wildman–Crippen LogP) is -0.303. The summed E-state index contributed by atoms with van der Waals surface area (Å²) in [5, 5.41) is 2.16. The molecule has 1 aliphatic rings. The normalized spacial score (nSPS) is 29.8. The average molecular weight is 168 g/mol. The summed E-state index contributed by atoms with van der Waals surface area (Å²) in [5.74, 6) is -0.708. The summed E-state index contributed by atoms with van der Waals surface area (Å²) < 4.78 is 0. The number of hydrogen-bond donors (Lipinski definition) is 2. The zero-order chi connectivity index (χ0) is 9.19. The van der Waals surface area contributed by atoms with Crippen molar-refractivity contribution < 1.29 is 9.59 Å². The maximum absolute atomic E-state index is 11.1. The van der Waals surface area contributed by atoms with Crippen LogP contribution in [-0.2, 0) is 9.59 Å². The Labute approximate surface area is 70.8 Å². The Morgan fingerprint density at radius 2 is 2.33 bits per heavy atom. The quantitative estimate of drug-likeness (QED) is 0.439. The fraction of sp³-hybridized carbons (Fsp3) is 0.500. The van der Waals surface area contributed by atoms with Crippen LogP contribution in [0, 0.1) is 0 Å². The molecule has 66 valence electrons. The van der Waals surface area contributed by atoms with Crippen molar-refractivity contribution in [3.8, 4) is 0 Å². The molecule has 0 bridgehead atoms. The van der Waals surface area contributed by atoms with E-state index in [0.29, 0.717) is 0 Å². The molecule has 4 heteroatoms. The Hall–Kier alpha value is -1.16. The Bertz CT molecular complexity index is 247. The van der Waals surface area contributed by atoms with Gasteiger partial charge in [-0.3, -0.25) is 14.9 Å². The highest BCUT2D eigenvalue weighted by Crippen LogP contribution is 2.15. The number of rotatable bonds is 2. The zero-order valence-electron chi connectivity index (χ0n) is 6.96. The monoisotopic (exact) mass is 168 g/mol. The highest BCUT2D eigenvalue weighted by molar-refractivity contribution is 6.09. The van der Waals surface area contributed by atoms with Gasteiger partial charge < -0.3 is 5.73 Å². The van der Waals surface area contributed by atoms with Crippen LogP contribution in [0.5, 0.6) is 0 Å². The Balaban J connectivity index is 2.77. The second kappa shape index (κ2) is 3.06. The van der Waals surface area contributed by atoms with E-state index >= 15 is 0 Å². The molecule has 2 amide bonds. The zero-order valence-corrected chi connectivity index (χ0v) is 6.96. The Morgan fingerprint density at radius 3 is 2.75 bits per heavy atom. The molecule has 1 rings (SSSR count). The molecule has 0 aliphatic carbocycles. The van der Waals surface area contributed by atoms with E-state index in [1.807, 2.05) is 6.92 Å². The van der Waals surface area contributed by atoms with Gasteiger partial charge in [0.05, 0.1) is 6.42 Å². The second-order valence-electron chi connectivity index (χ2n) is 2.91. The maximum Gasteiger partial charge on any atom is 0.251 e. The lowest BCUT2D eigenvalue weighted by molar-refractivity contribution is -0.125. The van der Waals surface area contributed by atoms with Gasteiger partial charge in [-0.1, -0.05) is 19.1 Å². The lowest BCUT2D eigenvalue weighted by atomic mass is 9.98. The number of amides is 2. The summed E-state index contributed by atoms with van der Waals surface area (Å²) in [6.45, 7) is 1.94. The maximum atomic E-state index is 11.1. The first-order valence-electron chi connectivity index (χ1n) is 3.89. The van der Waals surface area contributed by atoms with Gasteiger partial charge in [0.1, 0.15) is 5.54 Å². The molecule has 0 aromatic carbocycles. The fourth-order valence-electron chi connectivity index (χ4n) is 1.10. The number of allylic oxidation sites excluding steroid dienone is 1. The smallest absolute Gasteiger partial charge is 0.251 e. The molecule has 4 nitrogen and oxygen atoms in total. The molecule has 3 N–H and O–H groups in total. The molecular formula is C8H12N2O2. The van der Waals surface area contributed by atoms with E-state index in [9.17, 15) is 9.59 Å². The van der Waals surface area contributed by atoms with Gasteiger partial charge >= 0.3 is 0 Å². The van der Waals surface area contributed by atoms with E-state index in [1.165, 1.54) is 0 Å². The van der Waals surface area contributed by atoms with Crippen molar-refractivity contribution in [2.75, 3.05) is 0 Å². The molecule has 0 saturated carbocycles. The van der Waals surface area contributed by atoms with Gasteiger partial charge in [0.2, 0.25) is 5.91 Å². The summed E-state index contributed by atoms with van der Waals surface area (Å²) in [6, 6.07) is 0. The molecule has 0 aromatic heterocycles. The van der Waals surface area contributed by atoms with Crippen LogP contribution in [0.25, 0.3) is 0 Å². The standard InChI is InChI=1S/C8H12N2O2/c1-2-3-4-8(9)5-6(11)10-7(8)12/h3-4H,2,5,9H2,1H3,(H,10,11,12)/b4-3+. The second-order valence-corrected chi connectivity index (χ2v) is 2.91. The SMILES string of the molecule is CC/C=C/C1(N)CC(=O)NC1=O. The number of imide groups is 1. The number of carbonyl (C=O) groups is 2. The molecule has 1 aliphatic heterocycles. The third-order valence-electron chi connectivity index (χ3n) is 1.78. The van der Waals surface area contributed by atoms with Crippen LogP contribution in [0.15, 0.2) is 12.2 Å². The van der Waals surface area contributed by atoms with Crippen molar-refractivity contribution in [1.29, 1.82) is 0 Å². The van der Waals surface area contributed by atoms with Gasteiger partial charge in [0.15, 0.2) is 0 Å². The number of carbonyl (C=O) groups excluding carboxylic acids is 2. The summed E-state index contributed by atoms with van der Waals surface area (Å²) in [6.07, 6.45) is 4.24. The number of hydrogen-bond acceptors (Lipinski definition) is 3. The summed E-state index contributed by atoms with van der Waals surface area (Å²) >= 11 is 0. The van der Waals surface area contributed by atoms with E-state index in [1.54, 1.807) is 12.2 Å². The van der Waals surface area contributed by atoms with Crippen molar-refractivity contribution in [1.82, 2.24) is 5.32 Å². The third kappa shape index (κ3) is 1.53. The molecule has 0 spiro atoms. The predicted molar refractivity (Wildman–Crippen MR) is 44.1 cm³/mol. The molecular weight excluding hydrogens is 156 g/mol. The van der Waals surface area contributed by atoms with Crippen molar-refractivity contribution in [3.63, 3.8) is 0 Å². The molecule has 1 fully saturated rings. The molecule has 1 heterocycles. The van der Waals surface area contributed by atoms with Crippen LogP contribution in [-0.4, -0.2) is 17.4 Å². The van der Waals surface area contributed by atoms with Crippen molar-refractivity contribution in [2.45, 2.75) is 25.3 Å². The molecule has 0 radical (unpaired) electrons. The van der Waals surface area contributed by atoms with Crippen LogP contribution < -0.4 is 11.1 Å². The Kier molecular flexibility index (Phi) is 2.28. The van der Waals surface area contributed by atoms with Crippen LogP contribution >= 0.6 is 0 Å². The highest BCUT2D eigenvalue weighted by Gasteiger charge is 2.40.